The summed E-state index contributed by atoms with van der Waals surface area (Å²) < 4.78 is 6.51. The van der Waals surface area contributed by atoms with Gasteiger partial charge in [0.05, 0.1) is 11.1 Å². The molecule has 1 aliphatic carbocycles. The van der Waals surface area contributed by atoms with Crippen molar-refractivity contribution in [2.45, 2.75) is 51.5 Å². The minimum absolute atomic E-state index is 0.133. The van der Waals surface area contributed by atoms with Crippen molar-refractivity contribution in [3.63, 3.8) is 0 Å². The van der Waals surface area contributed by atoms with Crippen LogP contribution in [0.15, 0.2) is 28.2 Å². The van der Waals surface area contributed by atoms with E-state index in [0.717, 1.165) is 54.3 Å². The van der Waals surface area contributed by atoms with E-state index in [4.69, 9.17) is 4.74 Å². The van der Waals surface area contributed by atoms with Gasteiger partial charge in [0.25, 0.3) is 5.91 Å². The molecule has 1 fully saturated rings. The first-order valence-corrected chi connectivity index (χ1v) is 9.28. The fourth-order valence-corrected chi connectivity index (χ4v) is 3.21. The Kier molecular flexibility index (Phi) is 7.33. The number of nitriles is 1. The second-order valence-corrected chi connectivity index (χ2v) is 6.87. The lowest BCUT2D eigenvalue weighted by atomic mass is 10.1. The van der Waals surface area contributed by atoms with E-state index in [0.29, 0.717) is 6.61 Å². The number of rotatable bonds is 7. The maximum atomic E-state index is 12.2. The molecule has 1 N–H and O–H groups in total. The van der Waals surface area contributed by atoms with Crippen molar-refractivity contribution in [3.8, 4) is 11.8 Å². The molecular weight excluding hydrogens is 368 g/mol. The molecule has 0 bridgehead atoms. The molecule has 5 heteroatoms. The molecule has 0 heterocycles. The molecule has 1 aromatic carbocycles. The van der Waals surface area contributed by atoms with E-state index in [1.165, 1.54) is 0 Å². The summed E-state index contributed by atoms with van der Waals surface area (Å²) >= 11 is 3.48. The van der Waals surface area contributed by atoms with Gasteiger partial charge in [0.1, 0.15) is 17.4 Å². The fourth-order valence-electron chi connectivity index (χ4n) is 2.70. The molecular formula is C19H23BrN2O2. The Balaban J connectivity index is 2.05. The highest BCUT2D eigenvalue weighted by atomic mass is 79.9. The first-order chi connectivity index (χ1) is 11.6. The molecule has 0 saturated heterocycles. The Morgan fingerprint density at radius 3 is 2.83 bits per heavy atom. The fraction of sp³-hybridized carbons (Fsp3) is 0.474. The standard InChI is InChI=1S/C19H23BrN2O2/c1-2-3-10-24-18-9-8-14(12-17(18)20)11-15(13-21)19(23)22-16-6-4-5-7-16/h8-9,11-12,16H,2-7,10H2,1H3,(H,22,23). The zero-order chi connectivity index (χ0) is 17.4. The normalized spacial score (nSPS) is 15.1. The average molecular weight is 391 g/mol. The number of halogens is 1. The topological polar surface area (TPSA) is 62.1 Å². The first kappa shape index (κ1) is 18.5. The van der Waals surface area contributed by atoms with Crippen LogP contribution >= 0.6 is 15.9 Å². The maximum Gasteiger partial charge on any atom is 0.262 e. The predicted octanol–water partition coefficient (Wildman–Crippen LogP) is 4.59. The van der Waals surface area contributed by atoms with Gasteiger partial charge in [-0.2, -0.15) is 5.26 Å². The molecule has 1 aromatic rings. The van der Waals surface area contributed by atoms with Crippen LogP contribution in [0.4, 0.5) is 0 Å². The molecule has 1 amide bonds. The summed E-state index contributed by atoms with van der Waals surface area (Å²) in [6, 6.07) is 7.78. The molecule has 2 rings (SSSR count). The van der Waals surface area contributed by atoms with Gasteiger partial charge in [-0.05, 0) is 59.0 Å². The number of hydrogen-bond acceptors (Lipinski definition) is 3. The Hall–Kier alpha value is -1.80. The molecule has 128 valence electrons. The van der Waals surface area contributed by atoms with E-state index in [9.17, 15) is 10.1 Å². The van der Waals surface area contributed by atoms with Gasteiger partial charge in [-0.3, -0.25) is 4.79 Å². The number of unbranched alkanes of at least 4 members (excludes halogenated alkanes) is 1. The second-order valence-electron chi connectivity index (χ2n) is 6.02. The molecule has 0 aromatic heterocycles. The molecule has 0 atom stereocenters. The Morgan fingerprint density at radius 2 is 2.21 bits per heavy atom. The third kappa shape index (κ3) is 5.38. The van der Waals surface area contributed by atoms with Crippen LogP contribution in [-0.2, 0) is 4.79 Å². The van der Waals surface area contributed by atoms with Gasteiger partial charge in [-0.15, -0.1) is 0 Å². The molecule has 24 heavy (non-hydrogen) atoms. The van der Waals surface area contributed by atoms with Crippen molar-refractivity contribution in [1.82, 2.24) is 5.32 Å². The molecule has 0 aliphatic heterocycles. The van der Waals surface area contributed by atoms with Gasteiger partial charge >= 0.3 is 0 Å². The number of nitrogens with zero attached hydrogens (tertiary/aromatic N) is 1. The van der Waals surface area contributed by atoms with Crippen LogP contribution in [-0.4, -0.2) is 18.6 Å². The van der Waals surface area contributed by atoms with Crippen LogP contribution in [0, 0.1) is 11.3 Å². The van der Waals surface area contributed by atoms with Crippen molar-refractivity contribution in [2.75, 3.05) is 6.61 Å². The molecule has 0 radical (unpaired) electrons. The minimum atomic E-state index is -0.288. The number of hydrogen-bond donors (Lipinski definition) is 1. The number of carbonyl (C=O) groups is 1. The Labute approximate surface area is 152 Å². The minimum Gasteiger partial charge on any atom is -0.492 e. The quantitative estimate of drug-likeness (QED) is 0.420. The summed E-state index contributed by atoms with van der Waals surface area (Å²) in [7, 11) is 0. The Bertz CT molecular complexity index is 643. The molecule has 1 aliphatic rings. The Morgan fingerprint density at radius 1 is 1.46 bits per heavy atom. The second kappa shape index (κ2) is 9.48. The summed E-state index contributed by atoms with van der Waals surface area (Å²) in [5.74, 6) is 0.485. The van der Waals surface area contributed by atoms with Gasteiger partial charge in [0.15, 0.2) is 0 Å². The number of amides is 1. The molecule has 0 unspecified atom stereocenters. The van der Waals surface area contributed by atoms with E-state index in [1.54, 1.807) is 6.08 Å². The van der Waals surface area contributed by atoms with Crippen molar-refractivity contribution in [3.05, 3.63) is 33.8 Å². The van der Waals surface area contributed by atoms with Crippen LogP contribution < -0.4 is 10.1 Å². The van der Waals surface area contributed by atoms with Crippen molar-refractivity contribution in [1.29, 1.82) is 5.26 Å². The van der Waals surface area contributed by atoms with Gasteiger partial charge < -0.3 is 10.1 Å². The lowest BCUT2D eigenvalue weighted by Crippen LogP contribution is -2.33. The highest BCUT2D eigenvalue weighted by Crippen LogP contribution is 2.27. The van der Waals surface area contributed by atoms with Gasteiger partial charge in [-0.25, -0.2) is 0 Å². The molecule has 1 saturated carbocycles. The third-order valence-electron chi connectivity index (χ3n) is 4.08. The van der Waals surface area contributed by atoms with Crippen LogP contribution in [0.25, 0.3) is 6.08 Å². The van der Waals surface area contributed by atoms with Crippen molar-refractivity contribution in [2.24, 2.45) is 0 Å². The summed E-state index contributed by atoms with van der Waals surface area (Å²) in [6.07, 6.45) is 7.99. The van der Waals surface area contributed by atoms with Crippen LogP contribution in [0.1, 0.15) is 51.0 Å². The highest BCUT2D eigenvalue weighted by molar-refractivity contribution is 9.10. The number of nitrogens with one attached hydrogen (secondary N) is 1. The average Bonchev–Trinajstić information content (AvgIpc) is 3.07. The smallest absolute Gasteiger partial charge is 0.262 e. The van der Waals surface area contributed by atoms with Crippen LogP contribution in [0.2, 0.25) is 0 Å². The van der Waals surface area contributed by atoms with Crippen molar-refractivity contribution >= 4 is 27.9 Å². The number of carbonyl (C=O) groups excluding carboxylic acids is 1. The molecule has 0 spiro atoms. The van der Waals surface area contributed by atoms with Crippen molar-refractivity contribution < 1.29 is 9.53 Å². The summed E-state index contributed by atoms with van der Waals surface area (Å²) in [6.45, 7) is 2.80. The lowest BCUT2D eigenvalue weighted by molar-refractivity contribution is -0.117. The SMILES string of the molecule is CCCCOc1ccc(C=C(C#N)C(=O)NC2CCCC2)cc1Br. The maximum absolute atomic E-state index is 12.2. The number of benzene rings is 1. The van der Waals surface area contributed by atoms with Gasteiger partial charge in [-0.1, -0.05) is 32.3 Å². The zero-order valence-corrected chi connectivity index (χ0v) is 15.6. The third-order valence-corrected chi connectivity index (χ3v) is 4.70. The van der Waals surface area contributed by atoms with E-state index in [1.807, 2.05) is 24.3 Å². The van der Waals surface area contributed by atoms with E-state index < -0.39 is 0 Å². The summed E-state index contributed by atoms with van der Waals surface area (Å²) in [4.78, 5) is 12.2. The predicted molar refractivity (Wildman–Crippen MR) is 98.5 cm³/mol. The van der Waals surface area contributed by atoms with E-state index in [-0.39, 0.29) is 17.5 Å². The van der Waals surface area contributed by atoms with E-state index in [2.05, 4.69) is 28.2 Å². The zero-order valence-electron chi connectivity index (χ0n) is 14.0. The summed E-state index contributed by atoms with van der Waals surface area (Å²) in [5.41, 5.74) is 0.927. The first-order valence-electron chi connectivity index (χ1n) is 8.49. The van der Waals surface area contributed by atoms with Gasteiger partial charge in [0.2, 0.25) is 0 Å². The molecule has 4 nitrogen and oxygen atoms in total. The highest BCUT2D eigenvalue weighted by Gasteiger charge is 2.19. The summed E-state index contributed by atoms with van der Waals surface area (Å²) in [5, 5.41) is 12.2. The number of ether oxygens (including phenoxy) is 1. The van der Waals surface area contributed by atoms with Gasteiger partial charge in [0, 0.05) is 6.04 Å². The van der Waals surface area contributed by atoms with E-state index >= 15 is 0 Å². The monoisotopic (exact) mass is 390 g/mol. The lowest BCUT2D eigenvalue weighted by Gasteiger charge is -2.11. The van der Waals surface area contributed by atoms with Crippen LogP contribution in [0.3, 0.4) is 0 Å². The largest absolute Gasteiger partial charge is 0.492 e. The van der Waals surface area contributed by atoms with Crippen LogP contribution in [0.5, 0.6) is 5.75 Å².